The molecule has 0 aromatic heterocycles. The Hall–Kier alpha value is -1.80. The standard InChI is InChI=1S/C35H51Cl3N2O4S/c1-5-6-7-8-9-10-11-12-13-14-15-16-17-18-19-27-20-23-29(24-21-27)45(43,44)40-31-26-28(22-25-30(31)36)39-33(42)35(37,38)32(41)34(2,3)4/h20-26,40H,5-19H2,1-4H3,(H,39,42). The highest BCUT2D eigenvalue weighted by atomic mass is 35.5. The summed E-state index contributed by atoms with van der Waals surface area (Å²) in [5.74, 6) is -1.62. The van der Waals surface area contributed by atoms with E-state index in [9.17, 15) is 18.0 Å². The summed E-state index contributed by atoms with van der Waals surface area (Å²) >= 11 is 18.5. The Labute approximate surface area is 286 Å². The van der Waals surface area contributed by atoms with Crippen molar-refractivity contribution in [2.75, 3.05) is 10.0 Å². The third-order valence-corrected chi connectivity index (χ3v) is 10.2. The first-order chi connectivity index (χ1) is 21.2. The molecule has 0 heterocycles. The average molecular weight is 702 g/mol. The molecule has 252 valence electrons. The number of sulfonamides is 1. The average Bonchev–Trinajstić information content (AvgIpc) is 2.98. The lowest BCUT2D eigenvalue weighted by Crippen LogP contribution is -2.45. The fraction of sp³-hybridized carbons (Fsp3) is 0.600. The van der Waals surface area contributed by atoms with Crippen LogP contribution in [0.2, 0.25) is 5.02 Å². The van der Waals surface area contributed by atoms with Crippen LogP contribution in [0.5, 0.6) is 0 Å². The van der Waals surface area contributed by atoms with Crippen LogP contribution in [-0.4, -0.2) is 24.4 Å². The number of ketones is 1. The van der Waals surface area contributed by atoms with Crippen LogP contribution in [-0.2, 0) is 26.0 Å². The Kier molecular flexibility index (Phi) is 16.7. The molecule has 2 N–H and O–H groups in total. The van der Waals surface area contributed by atoms with Crippen LogP contribution in [0.4, 0.5) is 11.4 Å². The van der Waals surface area contributed by atoms with E-state index in [0.717, 1.165) is 18.4 Å². The minimum absolute atomic E-state index is 0.0536. The second-order valence-corrected chi connectivity index (χ2v) is 16.3. The largest absolute Gasteiger partial charge is 0.323 e. The molecule has 0 atom stereocenters. The van der Waals surface area contributed by atoms with Crippen molar-refractivity contribution in [3.63, 3.8) is 0 Å². The molecule has 0 bridgehead atoms. The number of hydrogen-bond acceptors (Lipinski definition) is 4. The van der Waals surface area contributed by atoms with Crippen LogP contribution >= 0.6 is 34.8 Å². The van der Waals surface area contributed by atoms with Gasteiger partial charge in [0.15, 0.2) is 5.78 Å². The first-order valence-corrected chi connectivity index (χ1v) is 19.0. The number of rotatable bonds is 21. The van der Waals surface area contributed by atoms with Crippen LogP contribution in [0.15, 0.2) is 47.4 Å². The molecule has 0 radical (unpaired) electrons. The zero-order valence-electron chi connectivity index (χ0n) is 27.3. The van der Waals surface area contributed by atoms with Gasteiger partial charge in [-0.15, -0.1) is 0 Å². The van der Waals surface area contributed by atoms with Gasteiger partial charge in [-0.3, -0.25) is 14.3 Å². The van der Waals surface area contributed by atoms with Crippen molar-refractivity contribution in [1.82, 2.24) is 0 Å². The van der Waals surface area contributed by atoms with Gasteiger partial charge in [0.2, 0.25) is 0 Å². The molecular weight excluding hydrogens is 651 g/mol. The molecular formula is C35H51Cl3N2O4S. The Morgan fingerprint density at radius 1 is 0.733 bits per heavy atom. The van der Waals surface area contributed by atoms with E-state index >= 15 is 0 Å². The molecule has 1 amide bonds. The van der Waals surface area contributed by atoms with Crippen LogP contribution in [0.25, 0.3) is 0 Å². The monoisotopic (exact) mass is 700 g/mol. The number of benzene rings is 2. The summed E-state index contributed by atoms with van der Waals surface area (Å²) in [5, 5.41) is 2.60. The van der Waals surface area contributed by atoms with Gasteiger partial charge in [0.1, 0.15) is 0 Å². The lowest BCUT2D eigenvalue weighted by molar-refractivity contribution is -0.131. The molecule has 0 spiro atoms. The second kappa shape index (κ2) is 19.1. The van der Waals surface area contributed by atoms with E-state index in [-0.39, 0.29) is 21.3 Å². The Bertz CT molecular complexity index is 1320. The van der Waals surface area contributed by atoms with Gasteiger partial charge < -0.3 is 5.32 Å². The number of hydrogen-bond donors (Lipinski definition) is 2. The molecule has 10 heteroatoms. The van der Waals surface area contributed by atoms with Gasteiger partial charge in [-0.25, -0.2) is 8.42 Å². The van der Waals surface area contributed by atoms with Crippen molar-refractivity contribution in [2.45, 2.75) is 133 Å². The molecule has 0 aliphatic rings. The molecule has 0 aliphatic carbocycles. The van der Waals surface area contributed by atoms with Gasteiger partial charge in [0.05, 0.1) is 15.6 Å². The molecule has 0 unspecified atom stereocenters. The summed E-state index contributed by atoms with van der Waals surface area (Å²) in [6.07, 6.45) is 19.3. The van der Waals surface area contributed by atoms with E-state index in [1.165, 1.54) is 102 Å². The number of Topliss-reactive ketones (excluding diaryl/α,β-unsaturated/α-hetero) is 1. The number of nitrogens with one attached hydrogen (secondary N) is 2. The molecule has 0 saturated carbocycles. The molecule has 6 nitrogen and oxygen atoms in total. The summed E-state index contributed by atoms with van der Waals surface area (Å²) in [6, 6.07) is 11.0. The number of carbonyl (C=O) groups is 2. The minimum Gasteiger partial charge on any atom is -0.323 e. The smallest absolute Gasteiger partial charge is 0.268 e. The van der Waals surface area contributed by atoms with E-state index in [2.05, 4.69) is 17.0 Å². The first-order valence-electron chi connectivity index (χ1n) is 16.3. The quantitative estimate of drug-likeness (QED) is 0.0770. The minimum atomic E-state index is -3.96. The molecule has 2 rings (SSSR count). The summed E-state index contributed by atoms with van der Waals surface area (Å²) in [7, 11) is -3.96. The SMILES string of the molecule is CCCCCCCCCCCCCCCCc1ccc(S(=O)(=O)Nc2cc(NC(=O)C(Cl)(Cl)C(=O)C(C)(C)C)ccc2Cl)cc1. The van der Waals surface area contributed by atoms with Crippen molar-refractivity contribution in [1.29, 1.82) is 0 Å². The Balaban J connectivity index is 1.80. The fourth-order valence-corrected chi connectivity index (χ4v) is 6.98. The van der Waals surface area contributed by atoms with E-state index in [4.69, 9.17) is 34.8 Å². The zero-order chi connectivity index (χ0) is 33.5. The van der Waals surface area contributed by atoms with Crippen molar-refractivity contribution in [2.24, 2.45) is 5.41 Å². The predicted octanol–water partition coefficient (Wildman–Crippen LogP) is 10.9. The summed E-state index contributed by atoms with van der Waals surface area (Å²) in [6.45, 7) is 7.06. The maximum Gasteiger partial charge on any atom is 0.268 e. The molecule has 45 heavy (non-hydrogen) atoms. The van der Waals surface area contributed by atoms with Crippen LogP contribution in [0, 0.1) is 5.41 Å². The van der Waals surface area contributed by atoms with Gasteiger partial charge in [-0.05, 0) is 48.7 Å². The predicted molar refractivity (Wildman–Crippen MR) is 190 cm³/mol. The highest BCUT2D eigenvalue weighted by Gasteiger charge is 2.47. The topological polar surface area (TPSA) is 92.3 Å². The van der Waals surface area contributed by atoms with Crippen LogP contribution in [0.3, 0.4) is 0 Å². The van der Waals surface area contributed by atoms with Gasteiger partial charge in [-0.2, -0.15) is 0 Å². The third-order valence-electron chi connectivity index (χ3n) is 7.77. The summed E-state index contributed by atoms with van der Waals surface area (Å²) in [5.41, 5.74) is 0.352. The Morgan fingerprint density at radius 2 is 1.22 bits per heavy atom. The number of alkyl halides is 2. The zero-order valence-corrected chi connectivity index (χ0v) is 30.4. The molecule has 2 aromatic carbocycles. The number of anilines is 2. The first kappa shape index (κ1) is 39.4. The van der Waals surface area contributed by atoms with Crippen LogP contribution in [0.1, 0.15) is 123 Å². The molecule has 0 aliphatic heterocycles. The highest BCUT2D eigenvalue weighted by Crippen LogP contribution is 2.34. The fourth-order valence-electron chi connectivity index (χ4n) is 5.03. The number of amides is 1. The molecule has 0 fully saturated rings. The normalized spacial score (nSPS) is 12.2. The summed E-state index contributed by atoms with van der Waals surface area (Å²) in [4.78, 5) is 25.3. The third kappa shape index (κ3) is 13.8. The maximum absolute atomic E-state index is 13.1. The van der Waals surface area contributed by atoms with Crippen LogP contribution < -0.4 is 10.0 Å². The van der Waals surface area contributed by atoms with Crippen molar-refractivity contribution in [3.05, 3.63) is 53.1 Å². The molecule has 2 aromatic rings. The number of unbranched alkanes of at least 4 members (excludes halogenated alkanes) is 13. The van der Waals surface area contributed by atoms with Gasteiger partial charge in [0, 0.05) is 11.1 Å². The lowest BCUT2D eigenvalue weighted by atomic mass is 9.88. The highest BCUT2D eigenvalue weighted by molar-refractivity contribution is 7.92. The van der Waals surface area contributed by atoms with E-state index < -0.39 is 31.5 Å². The van der Waals surface area contributed by atoms with Crippen molar-refractivity contribution >= 4 is 67.9 Å². The van der Waals surface area contributed by atoms with E-state index in [0.29, 0.717) is 0 Å². The second-order valence-electron chi connectivity index (χ2n) is 12.9. The van der Waals surface area contributed by atoms with E-state index in [1.54, 1.807) is 32.9 Å². The Morgan fingerprint density at radius 3 is 1.71 bits per heavy atom. The number of aryl methyl sites for hydroxylation is 1. The van der Waals surface area contributed by atoms with Gasteiger partial charge in [0.25, 0.3) is 20.3 Å². The molecule has 0 saturated heterocycles. The van der Waals surface area contributed by atoms with E-state index in [1.807, 2.05) is 12.1 Å². The summed E-state index contributed by atoms with van der Waals surface area (Å²) < 4.78 is 26.4. The number of carbonyl (C=O) groups excluding carboxylic acids is 2. The lowest BCUT2D eigenvalue weighted by Gasteiger charge is -2.25. The van der Waals surface area contributed by atoms with Crippen molar-refractivity contribution < 1.29 is 18.0 Å². The van der Waals surface area contributed by atoms with Crippen molar-refractivity contribution in [3.8, 4) is 0 Å². The van der Waals surface area contributed by atoms with Gasteiger partial charge >= 0.3 is 0 Å². The maximum atomic E-state index is 13.1. The number of halogens is 3. The van der Waals surface area contributed by atoms with Gasteiger partial charge in [-0.1, -0.05) is 158 Å².